The molecule has 3 rings (SSSR count). The average Bonchev–Trinajstić information content (AvgIpc) is 2.98. The largest absolute Gasteiger partial charge is 0.377 e. The molecule has 8 heteroatoms. The van der Waals surface area contributed by atoms with E-state index in [0.717, 1.165) is 35.0 Å². The lowest BCUT2D eigenvalue weighted by Gasteiger charge is -2.32. The lowest BCUT2D eigenvalue weighted by atomic mass is 9.94. The number of tetrazole rings is 1. The van der Waals surface area contributed by atoms with E-state index in [9.17, 15) is 9.59 Å². The van der Waals surface area contributed by atoms with Gasteiger partial charge in [0, 0.05) is 17.6 Å². The Balaban J connectivity index is 1.89. The fourth-order valence-corrected chi connectivity index (χ4v) is 3.38. The summed E-state index contributed by atoms with van der Waals surface area (Å²) in [6.45, 7) is 2.46. The predicted molar refractivity (Wildman–Crippen MR) is 90.7 cm³/mol. The first-order chi connectivity index (χ1) is 11.6. The molecule has 7 nitrogen and oxygen atoms in total. The minimum Gasteiger partial charge on any atom is -0.320 e. The first-order valence-electron chi connectivity index (χ1n) is 8.23. The van der Waals surface area contributed by atoms with Crippen LogP contribution in [0, 0.1) is 0 Å². The van der Waals surface area contributed by atoms with E-state index >= 15 is 0 Å². The van der Waals surface area contributed by atoms with Crippen molar-refractivity contribution >= 4 is 17.6 Å². The lowest BCUT2D eigenvalue weighted by molar-refractivity contribution is 0.157. The van der Waals surface area contributed by atoms with Gasteiger partial charge in [-0.2, -0.15) is 4.68 Å². The summed E-state index contributed by atoms with van der Waals surface area (Å²) in [4.78, 5) is 27.0. The Hall–Kier alpha value is -2.15. The second kappa shape index (κ2) is 7.17. The highest BCUT2D eigenvalue weighted by atomic mass is 35.5. The summed E-state index contributed by atoms with van der Waals surface area (Å²) >= 11 is 5.95. The van der Waals surface area contributed by atoms with Gasteiger partial charge < -0.3 is 4.90 Å². The van der Waals surface area contributed by atoms with E-state index in [-0.39, 0.29) is 6.04 Å². The first kappa shape index (κ1) is 16.7. The zero-order chi connectivity index (χ0) is 17.1. The summed E-state index contributed by atoms with van der Waals surface area (Å²) in [7, 11) is 0. The van der Waals surface area contributed by atoms with E-state index in [1.807, 2.05) is 6.92 Å². The van der Waals surface area contributed by atoms with Crippen molar-refractivity contribution in [1.82, 2.24) is 24.7 Å². The number of nitrogens with zero attached hydrogens (tertiary/aromatic N) is 5. The second-order valence-corrected chi connectivity index (χ2v) is 6.36. The van der Waals surface area contributed by atoms with E-state index < -0.39 is 11.7 Å². The minimum atomic E-state index is -0.587. The molecule has 1 aromatic carbocycles. The number of hydrogen-bond donors (Lipinski definition) is 0. The molecule has 0 N–H and O–H groups in total. The molecule has 1 aliphatic rings. The van der Waals surface area contributed by atoms with Gasteiger partial charge in [0.15, 0.2) is 0 Å². The van der Waals surface area contributed by atoms with Crippen LogP contribution in [-0.2, 0) is 0 Å². The Morgan fingerprint density at radius 3 is 2.71 bits per heavy atom. The van der Waals surface area contributed by atoms with E-state index in [4.69, 9.17) is 11.6 Å². The second-order valence-electron chi connectivity index (χ2n) is 5.93. The zero-order valence-corrected chi connectivity index (χ0v) is 14.3. The molecular weight excluding hydrogens is 330 g/mol. The molecule has 1 saturated carbocycles. The predicted octanol–water partition coefficient (Wildman–Crippen LogP) is 2.71. The fourth-order valence-electron chi connectivity index (χ4n) is 3.20. The molecule has 0 atom stereocenters. The third-order valence-electron chi connectivity index (χ3n) is 4.42. The zero-order valence-electron chi connectivity index (χ0n) is 13.6. The SMILES string of the molecule is CCN(C(=O)n1nnn(-c2cccc(Cl)c2)c1=O)C1CCCCC1. The van der Waals surface area contributed by atoms with Gasteiger partial charge in [0.2, 0.25) is 0 Å². The van der Waals surface area contributed by atoms with Crippen molar-refractivity contribution in [2.45, 2.75) is 45.1 Å². The summed E-state index contributed by atoms with van der Waals surface area (Å²) in [6, 6.07) is 6.46. The Bertz CT molecular complexity index is 779. The fraction of sp³-hybridized carbons (Fsp3) is 0.500. The van der Waals surface area contributed by atoms with Crippen LogP contribution in [-0.4, -0.2) is 43.3 Å². The van der Waals surface area contributed by atoms with Crippen molar-refractivity contribution in [3.8, 4) is 5.69 Å². The average molecular weight is 350 g/mol. The van der Waals surface area contributed by atoms with Gasteiger partial charge in [-0.3, -0.25) is 0 Å². The molecule has 0 saturated heterocycles. The maximum absolute atomic E-state index is 12.8. The number of carbonyl (C=O) groups is 1. The Morgan fingerprint density at radius 1 is 1.29 bits per heavy atom. The van der Waals surface area contributed by atoms with E-state index in [1.54, 1.807) is 29.2 Å². The lowest BCUT2D eigenvalue weighted by Crippen LogP contribution is -2.46. The van der Waals surface area contributed by atoms with Crippen molar-refractivity contribution in [3.63, 3.8) is 0 Å². The van der Waals surface area contributed by atoms with Gasteiger partial charge in [0.05, 0.1) is 5.69 Å². The molecule has 1 amide bonds. The van der Waals surface area contributed by atoms with Crippen molar-refractivity contribution < 1.29 is 4.79 Å². The molecule has 1 aliphatic carbocycles. The number of amides is 1. The number of carbonyl (C=O) groups excluding carboxylic acids is 1. The van der Waals surface area contributed by atoms with Crippen LogP contribution < -0.4 is 5.69 Å². The molecule has 0 spiro atoms. The minimum absolute atomic E-state index is 0.166. The summed E-state index contributed by atoms with van der Waals surface area (Å²) in [5, 5.41) is 8.07. The number of benzene rings is 1. The molecule has 1 heterocycles. The Morgan fingerprint density at radius 2 is 2.04 bits per heavy atom. The molecule has 2 aromatic rings. The highest BCUT2D eigenvalue weighted by molar-refractivity contribution is 6.30. The third kappa shape index (κ3) is 3.21. The standard InChI is InChI=1S/C16H20ClN5O2/c1-2-20(13-8-4-3-5-9-13)15(23)22-16(24)21(18-19-22)14-10-6-7-12(17)11-14/h6-7,10-11,13H,2-5,8-9H2,1H3. The Kier molecular flexibility index (Phi) is 4.99. The van der Waals surface area contributed by atoms with Crippen molar-refractivity contribution in [2.24, 2.45) is 0 Å². The van der Waals surface area contributed by atoms with Gasteiger partial charge in [0.1, 0.15) is 0 Å². The van der Waals surface area contributed by atoms with Gasteiger partial charge in [-0.05, 0) is 48.4 Å². The smallest absolute Gasteiger partial charge is 0.320 e. The molecule has 0 unspecified atom stereocenters. The van der Waals surface area contributed by atoms with Crippen LogP contribution in [0.15, 0.2) is 29.1 Å². The number of rotatable bonds is 3. The maximum Gasteiger partial charge on any atom is 0.377 e. The van der Waals surface area contributed by atoms with Gasteiger partial charge in [-0.1, -0.05) is 36.9 Å². The topological polar surface area (TPSA) is 73.0 Å². The highest BCUT2D eigenvalue weighted by Crippen LogP contribution is 2.22. The van der Waals surface area contributed by atoms with Gasteiger partial charge in [0.25, 0.3) is 0 Å². The normalized spacial score (nSPS) is 15.4. The number of halogens is 1. The molecule has 0 radical (unpaired) electrons. The van der Waals surface area contributed by atoms with Crippen LogP contribution in [0.25, 0.3) is 5.69 Å². The first-order valence-corrected chi connectivity index (χ1v) is 8.61. The van der Waals surface area contributed by atoms with Crippen molar-refractivity contribution in [3.05, 3.63) is 39.8 Å². The third-order valence-corrected chi connectivity index (χ3v) is 4.65. The van der Waals surface area contributed by atoms with Gasteiger partial charge in [-0.25, -0.2) is 9.59 Å². The van der Waals surface area contributed by atoms with Crippen LogP contribution in [0.5, 0.6) is 0 Å². The van der Waals surface area contributed by atoms with Crippen LogP contribution in [0.3, 0.4) is 0 Å². The van der Waals surface area contributed by atoms with Crippen molar-refractivity contribution in [1.29, 1.82) is 0 Å². The molecule has 24 heavy (non-hydrogen) atoms. The van der Waals surface area contributed by atoms with Crippen LogP contribution >= 0.6 is 11.6 Å². The van der Waals surface area contributed by atoms with Crippen LogP contribution in [0.4, 0.5) is 4.79 Å². The van der Waals surface area contributed by atoms with Gasteiger partial charge >= 0.3 is 11.7 Å². The molecule has 0 bridgehead atoms. The molecule has 1 aromatic heterocycles. The molecule has 128 valence electrons. The molecule has 1 fully saturated rings. The van der Waals surface area contributed by atoms with Gasteiger partial charge in [-0.15, -0.1) is 4.68 Å². The Labute approximate surface area is 144 Å². The van der Waals surface area contributed by atoms with Crippen molar-refractivity contribution in [2.75, 3.05) is 6.54 Å². The summed E-state index contributed by atoms with van der Waals surface area (Å²) in [6.07, 6.45) is 5.36. The quantitative estimate of drug-likeness (QED) is 0.798. The number of aromatic nitrogens is 4. The van der Waals surface area contributed by atoms with E-state index in [1.165, 1.54) is 6.42 Å². The monoisotopic (exact) mass is 349 g/mol. The maximum atomic E-state index is 12.8. The van der Waals surface area contributed by atoms with Crippen LogP contribution in [0.2, 0.25) is 5.02 Å². The van der Waals surface area contributed by atoms with E-state index in [0.29, 0.717) is 17.3 Å². The summed E-state index contributed by atoms with van der Waals surface area (Å²) < 4.78 is 1.91. The van der Waals surface area contributed by atoms with Crippen LogP contribution in [0.1, 0.15) is 39.0 Å². The van der Waals surface area contributed by atoms with E-state index in [2.05, 4.69) is 10.4 Å². The summed E-state index contributed by atoms with van der Waals surface area (Å²) in [5.41, 5.74) is -0.108. The number of hydrogen-bond acceptors (Lipinski definition) is 4. The highest BCUT2D eigenvalue weighted by Gasteiger charge is 2.27. The summed E-state index contributed by atoms with van der Waals surface area (Å²) in [5.74, 6) is 0. The molecular formula is C16H20ClN5O2. The molecule has 0 aliphatic heterocycles.